The van der Waals surface area contributed by atoms with Crippen molar-refractivity contribution in [3.8, 4) is 5.75 Å². The highest BCUT2D eigenvalue weighted by molar-refractivity contribution is 5.68. The maximum Gasteiger partial charge on any atom is 0.303 e. The summed E-state index contributed by atoms with van der Waals surface area (Å²) < 4.78 is 5.96. The molecule has 3 rings (SSSR count). The molecule has 1 aromatic carbocycles. The van der Waals surface area contributed by atoms with Crippen LogP contribution in [0, 0.1) is 5.41 Å². The average Bonchev–Trinajstić information content (AvgIpc) is 3.08. The molecular formula is C22H30O3. The standard InChI is InChI=1S/C22H30O3/c1-2-18(15-21(23)24)19-5-7-20(8-6-19)25-16-17-9-13-22(14-10-17)11-3-4-12-22/h5-9,18H,2-4,10-16H2,1H3,(H,23,24)/t18-/m0/s1. The average molecular weight is 342 g/mol. The van der Waals surface area contributed by atoms with E-state index in [1.165, 1.54) is 50.5 Å². The number of rotatable bonds is 7. The molecule has 0 heterocycles. The number of ether oxygens (including phenoxy) is 1. The molecule has 25 heavy (non-hydrogen) atoms. The molecule has 1 N–H and O–H groups in total. The second-order valence-electron chi connectivity index (χ2n) is 7.83. The number of carbonyl (C=O) groups is 1. The molecule has 0 aliphatic heterocycles. The van der Waals surface area contributed by atoms with Crippen LogP contribution in [0.25, 0.3) is 0 Å². The lowest BCUT2D eigenvalue weighted by atomic mass is 9.74. The lowest BCUT2D eigenvalue weighted by molar-refractivity contribution is -0.137. The fraction of sp³-hybridized carbons (Fsp3) is 0.591. The van der Waals surface area contributed by atoms with Crippen LogP contribution in [0.1, 0.15) is 76.2 Å². The van der Waals surface area contributed by atoms with Crippen molar-refractivity contribution < 1.29 is 14.6 Å². The van der Waals surface area contributed by atoms with E-state index < -0.39 is 5.97 Å². The highest BCUT2D eigenvalue weighted by Gasteiger charge is 2.34. The van der Waals surface area contributed by atoms with Crippen LogP contribution in [-0.2, 0) is 4.79 Å². The second kappa shape index (κ2) is 8.07. The molecule has 3 nitrogen and oxygen atoms in total. The van der Waals surface area contributed by atoms with Gasteiger partial charge < -0.3 is 9.84 Å². The predicted octanol–water partition coefficient (Wildman–Crippen LogP) is 5.70. The van der Waals surface area contributed by atoms with Crippen molar-refractivity contribution in [3.63, 3.8) is 0 Å². The number of carboxylic acids is 1. The van der Waals surface area contributed by atoms with E-state index >= 15 is 0 Å². The molecule has 1 spiro atoms. The molecule has 2 aliphatic rings. The largest absolute Gasteiger partial charge is 0.489 e. The number of allylic oxidation sites excluding steroid dienone is 1. The molecule has 136 valence electrons. The van der Waals surface area contributed by atoms with Gasteiger partial charge in [-0.1, -0.05) is 38.0 Å². The van der Waals surface area contributed by atoms with Gasteiger partial charge in [0.15, 0.2) is 0 Å². The predicted molar refractivity (Wildman–Crippen MR) is 100 cm³/mol. The summed E-state index contributed by atoms with van der Waals surface area (Å²) in [6, 6.07) is 7.97. The van der Waals surface area contributed by atoms with E-state index in [4.69, 9.17) is 9.84 Å². The van der Waals surface area contributed by atoms with Crippen LogP contribution < -0.4 is 4.74 Å². The first-order valence-corrected chi connectivity index (χ1v) is 9.73. The van der Waals surface area contributed by atoms with Crippen LogP contribution in [0.2, 0.25) is 0 Å². The molecule has 1 aromatic rings. The summed E-state index contributed by atoms with van der Waals surface area (Å²) in [6.07, 6.45) is 12.8. The fourth-order valence-electron chi connectivity index (χ4n) is 4.42. The Morgan fingerprint density at radius 1 is 1.20 bits per heavy atom. The number of aliphatic carboxylic acids is 1. The zero-order valence-corrected chi connectivity index (χ0v) is 15.3. The third-order valence-corrected chi connectivity index (χ3v) is 6.15. The van der Waals surface area contributed by atoms with Gasteiger partial charge in [-0.2, -0.15) is 0 Å². The van der Waals surface area contributed by atoms with Crippen molar-refractivity contribution in [3.05, 3.63) is 41.5 Å². The summed E-state index contributed by atoms with van der Waals surface area (Å²) in [5.41, 5.74) is 3.13. The zero-order valence-electron chi connectivity index (χ0n) is 15.3. The Hall–Kier alpha value is -1.77. The lowest BCUT2D eigenvalue weighted by Crippen LogP contribution is -2.20. The van der Waals surface area contributed by atoms with Crippen molar-refractivity contribution in [2.75, 3.05) is 6.61 Å². The minimum Gasteiger partial charge on any atom is -0.489 e. The third kappa shape index (κ3) is 4.65. The third-order valence-electron chi connectivity index (χ3n) is 6.15. The Morgan fingerprint density at radius 3 is 2.48 bits per heavy atom. The van der Waals surface area contributed by atoms with Gasteiger partial charge in [-0.3, -0.25) is 4.79 Å². The molecule has 0 unspecified atom stereocenters. The first-order valence-electron chi connectivity index (χ1n) is 9.73. The maximum absolute atomic E-state index is 10.9. The van der Waals surface area contributed by atoms with Crippen LogP contribution in [0.15, 0.2) is 35.9 Å². The number of carboxylic acid groups (broad SMARTS) is 1. The van der Waals surface area contributed by atoms with E-state index in [2.05, 4.69) is 6.08 Å². The Balaban J connectivity index is 1.52. The van der Waals surface area contributed by atoms with Gasteiger partial charge in [-0.05, 0) is 73.1 Å². The van der Waals surface area contributed by atoms with Crippen molar-refractivity contribution in [2.24, 2.45) is 5.41 Å². The normalized spacial score (nSPS) is 20.3. The second-order valence-corrected chi connectivity index (χ2v) is 7.83. The molecule has 1 fully saturated rings. The summed E-state index contributed by atoms with van der Waals surface area (Å²) >= 11 is 0. The van der Waals surface area contributed by atoms with Crippen molar-refractivity contribution in [1.29, 1.82) is 0 Å². The minimum atomic E-state index is -0.739. The van der Waals surface area contributed by atoms with Crippen LogP contribution in [0.5, 0.6) is 5.75 Å². The summed E-state index contributed by atoms with van der Waals surface area (Å²) in [7, 11) is 0. The van der Waals surface area contributed by atoms with Crippen LogP contribution >= 0.6 is 0 Å². The minimum absolute atomic E-state index is 0.0789. The quantitative estimate of drug-likeness (QED) is 0.646. The van der Waals surface area contributed by atoms with E-state index in [9.17, 15) is 4.79 Å². The molecule has 0 bridgehead atoms. The molecule has 0 saturated heterocycles. The molecule has 3 heteroatoms. The molecular weight excluding hydrogens is 312 g/mol. The van der Waals surface area contributed by atoms with E-state index in [1.54, 1.807) is 0 Å². The van der Waals surface area contributed by atoms with Gasteiger partial charge >= 0.3 is 5.97 Å². The van der Waals surface area contributed by atoms with Gasteiger partial charge in [0, 0.05) is 0 Å². The van der Waals surface area contributed by atoms with Gasteiger partial charge in [-0.25, -0.2) is 0 Å². The topological polar surface area (TPSA) is 46.5 Å². The van der Waals surface area contributed by atoms with Gasteiger partial charge in [0.2, 0.25) is 0 Å². The molecule has 1 atom stereocenters. The van der Waals surface area contributed by atoms with Gasteiger partial charge in [0.1, 0.15) is 12.4 Å². The van der Waals surface area contributed by atoms with Gasteiger partial charge in [0.25, 0.3) is 0 Å². The number of hydrogen-bond acceptors (Lipinski definition) is 2. The van der Waals surface area contributed by atoms with Crippen LogP contribution in [0.4, 0.5) is 0 Å². The molecule has 1 saturated carbocycles. The molecule has 0 amide bonds. The highest BCUT2D eigenvalue weighted by atomic mass is 16.5. The summed E-state index contributed by atoms with van der Waals surface area (Å²) in [6.45, 7) is 2.71. The van der Waals surface area contributed by atoms with E-state index in [1.807, 2.05) is 31.2 Å². The first-order chi connectivity index (χ1) is 12.1. The van der Waals surface area contributed by atoms with Gasteiger partial charge in [-0.15, -0.1) is 0 Å². The lowest BCUT2D eigenvalue weighted by Gasteiger charge is -2.32. The van der Waals surface area contributed by atoms with Crippen molar-refractivity contribution >= 4 is 5.97 Å². The fourth-order valence-corrected chi connectivity index (χ4v) is 4.42. The Morgan fingerprint density at radius 2 is 1.92 bits per heavy atom. The molecule has 0 aromatic heterocycles. The smallest absolute Gasteiger partial charge is 0.303 e. The SMILES string of the molecule is CC[C@@H](CC(=O)O)c1ccc(OCC2=CCC3(CCCC3)CC2)cc1. The Bertz CT molecular complexity index is 609. The summed E-state index contributed by atoms with van der Waals surface area (Å²) in [5.74, 6) is 0.211. The monoisotopic (exact) mass is 342 g/mol. The van der Waals surface area contributed by atoms with Crippen LogP contribution in [-0.4, -0.2) is 17.7 Å². The summed E-state index contributed by atoms with van der Waals surface area (Å²) in [5, 5.41) is 9.00. The first kappa shape index (κ1) is 18.0. The summed E-state index contributed by atoms with van der Waals surface area (Å²) in [4.78, 5) is 10.9. The Kier molecular flexibility index (Phi) is 5.82. The van der Waals surface area contributed by atoms with Gasteiger partial charge in [0.05, 0.1) is 6.42 Å². The number of benzene rings is 1. The number of hydrogen-bond donors (Lipinski definition) is 1. The maximum atomic E-state index is 10.9. The Labute approximate surface area is 151 Å². The van der Waals surface area contributed by atoms with E-state index in [0.717, 1.165) is 17.7 Å². The van der Waals surface area contributed by atoms with Crippen LogP contribution in [0.3, 0.4) is 0 Å². The van der Waals surface area contributed by atoms with E-state index in [0.29, 0.717) is 12.0 Å². The van der Waals surface area contributed by atoms with Crippen molar-refractivity contribution in [2.45, 2.75) is 70.6 Å². The van der Waals surface area contributed by atoms with E-state index in [-0.39, 0.29) is 12.3 Å². The zero-order chi connectivity index (χ0) is 17.7. The highest BCUT2D eigenvalue weighted by Crippen LogP contribution is 2.48. The molecule has 2 aliphatic carbocycles. The molecule has 0 radical (unpaired) electrons. The van der Waals surface area contributed by atoms with Crippen molar-refractivity contribution in [1.82, 2.24) is 0 Å².